The Balaban J connectivity index is 1.41. The number of hydrogen-bond donors (Lipinski definition) is 0. The van der Waals surface area contributed by atoms with E-state index in [0.29, 0.717) is 43.8 Å². The molecule has 0 radical (unpaired) electrons. The minimum absolute atomic E-state index is 0.0499. The van der Waals surface area contributed by atoms with Crippen LogP contribution in [0.2, 0.25) is 0 Å². The maximum absolute atomic E-state index is 13.6. The van der Waals surface area contributed by atoms with Gasteiger partial charge in [0, 0.05) is 31.1 Å². The molecule has 1 aliphatic carbocycles. The zero-order valence-corrected chi connectivity index (χ0v) is 21.9. The lowest BCUT2D eigenvalue weighted by Crippen LogP contribution is -2.52. The van der Waals surface area contributed by atoms with Crippen molar-refractivity contribution in [1.82, 2.24) is 14.8 Å². The summed E-state index contributed by atoms with van der Waals surface area (Å²) in [5.74, 6) is -2.18. The molecule has 2 aliphatic rings. The number of ether oxygens (including phenoxy) is 1. The van der Waals surface area contributed by atoms with Crippen LogP contribution in [0.4, 0.5) is 13.2 Å². The predicted octanol–water partition coefficient (Wildman–Crippen LogP) is 5.56. The molecule has 4 rings (SSSR count). The Bertz CT molecular complexity index is 1110. The summed E-state index contributed by atoms with van der Waals surface area (Å²) in [7, 11) is 0. The van der Waals surface area contributed by atoms with Crippen molar-refractivity contribution < 1.29 is 27.5 Å². The number of halogens is 3. The summed E-state index contributed by atoms with van der Waals surface area (Å²) in [4.78, 5) is 32.4. The second-order valence-electron chi connectivity index (χ2n) is 9.45. The van der Waals surface area contributed by atoms with Gasteiger partial charge in [0.25, 0.3) is 0 Å². The van der Waals surface area contributed by atoms with Crippen molar-refractivity contribution in [2.75, 3.05) is 19.7 Å². The second kappa shape index (κ2) is 11.8. The van der Waals surface area contributed by atoms with Crippen molar-refractivity contribution in [3.05, 3.63) is 57.6 Å². The number of carbonyl (C=O) groups excluding carboxylic acids is 2. The summed E-state index contributed by atoms with van der Waals surface area (Å²) in [6, 6.07) is 8.85. The van der Waals surface area contributed by atoms with Crippen LogP contribution in [-0.2, 0) is 16.1 Å². The highest BCUT2D eigenvalue weighted by molar-refractivity contribution is 7.13. The summed E-state index contributed by atoms with van der Waals surface area (Å²) < 4.78 is 45.9. The minimum Gasteiger partial charge on any atom is -0.462 e. The first-order valence-electron chi connectivity index (χ1n) is 12.7. The average Bonchev–Trinajstić information content (AvgIpc) is 3.51. The van der Waals surface area contributed by atoms with E-state index in [-0.39, 0.29) is 12.5 Å². The number of nitrogens with zero attached hydrogens (tertiary/aromatic N) is 3. The van der Waals surface area contributed by atoms with Crippen LogP contribution in [0.5, 0.6) is 0 Å². The van der Waals surface area contributed by atoms with E-state index in [0.717, 1.165) is 27.5 Å². The molecule has 0 unspecified atom stereocenters. The maximum Gasteiger partial charge on any atom is 0.471 e. The number of thiazole rings is 1. The van der Waals surface area contributed by atoms with Crippen LogP contribution in [0.15, 0.2) is 42.1 Å². The first-order chi connectivity index (χ1) is 17.7. The molecular weight excluding hydrogens is 503 g/mol. The number of amides is 1. The first kappa shape index (κ1) is 27.3. The summed E-state index contributed by atoms with van der Waals surface area (Å²) >= 11 is 1.26. The Kier molecular flexibility index (Phi) is 8.69. The van der Waals surface area contributed by atoms with Crippen LogP contribution in [0.25, 0.3) is 6.08 Å². The molecule has 37 heavy (non-hydrogen) atoms. The summed E-state index contributed by atoms with van der Waals surface area (Å²) in [6.07, 6.45) is 0.854. The number of benzene rings is 1. The van der Waals surface area contributed by atoms with Crippen LogP contribution in [0, 0.1) is 5.92 Å². The van der Waals surface area contributed by atoms with E-state index in [1.165, 1.54) is 17.5 Å². The Morgan fingerprint density at radius 3 is 2.51 bits per heavy atom. The van der Waals surface area contributed by atoms with E-state index in [4.69, 9.17) is 4.74 Å². The molecule has 1 saturated heterocycles. The molecule has 2 atom stereocenters. The van der Waals surface area contributed by atoms with Gasteiger partial charge in [0.1, 0.15) is 9.88 Å². The van der Waals surface area contributed by atoms with Crippen molar-refractivity contribution in [1.29, 1.82) is 0 Å². The molecular formula is C27H32F3N3O3S. The summed E-state index contributed by atoms with van der Waals surface area (Å²) in [5.41, 5.74) is 2.09. The second-order valence-corrected chi connectivity index (χ2v) is 10.6. The molecule has 0 spiro atoms. The Morgan fingerprint density at radius 1 is 1.19 bits per heavy atom. The van der Waals surface area contributed by atoms with Gasteiger partial charge in [-0.25, -0.2) is 9.78 Å². The number of piperidine rings is 1. The van der Waals surface area contributed by atoms with Crippen molar-refractivity contribution in [3.63, 3.8) is 0 Å². The standard InChI is InChI=1S/C27H32F3N3O3S/c1-3-19(14-18-8-6-5-7-9-18)21-15-22(21)33(26(35)27(28,29)30)20-10-12-32(13-11-20)17-24-31-16-23(37-24)25(34)36-4-2/h5-9,14,16,20-22H,3-4,10-13,15,17H2,1-2H3/b19-14+/t21-,22+/m0/s1. The number of esters is 1. The molecule has 1 aromatic heterocycles. The predicted molar refractivity (Wildman–Crippen MR) is 136 cm³/mol. The molecule has 1 amide bonds. The average molecular weight is 536 g/mol. The van der Waals surface area contributed by atoms with E-state index in [2.05, 4.69) is 9.88 Å². The zero-order chi connectivity index (χ0) is 26.6. The van der Waals surface area contributed by atoms with Gasteiger partial charge in [-0.15, -0.1) is 11.3 Å². The smallest absolute Gasteiger partial charge is 0.462 e. The number of carbonyl (C=O) groups is 2. The molecule has 1 saturated carbocycles. The van der Waals surface area contributed by atoms with Crippen molar-refractivity contribution in [2.24, 2.45) is 5.92 Å². The highest BCUT2D eigenvalue weighted by atomic mass is 32.1. The summed E-state index contributed by atoms with van der Waals surface area (Å²) in [5, 5.41) is 0.755. The third kappa shape index (κ3) is 6.78. The SMILES string of the molecule is CCOC(=O)c1cnc(CN2CCC(N(C(=O)C(F)(F)F)[C@@H]3C[C@H]3/C(=C/c3ccccc3)CC)CC2)s1. The fraction of sp³-hybridized carbons (Fsp3) is 0.519. The topological polar surface area (TPSA) is 62.7 Å². The molecule has 0 bridgehead atoms. The lowest BCUT2D eigenvalue weighted by Gasteiger charge is -2.39. The van der Waals surface area contributed by atoms with Crippen LogP contribution in [-0.4, -0.2) is 64.6 Å². The highest BCUT2D eigenvalue weighted by Crippen LogP contribution is 2.46. The van der Waals surface area contributed by atoms with Gasteiger partial charge in [-0.2, -0.15) is 13.2 Å². The fourth-order valence-corrected chi connectivity index (χ4v) is 5.94. The van der Waals surface area contributed by atoms with Crippen LogP contribution >= 0.6 is 11.3 Å². The maximum atomic E-state index is 13.6. The summed E-state index contributed by atoms with van der Waals surface area (Å²) in [6.45, 7) is 5.65. The number of aromatic nitrogens is 1. The third-order valence-electron chi connectivity index (χ3n) is 6.97. The fourth-order valence-electron chi connectivity index (χ4n) is 5.08. The molecule has 2 fully saturated rings. The van der Waals surface area contributed by atoms with E-state index in [1.807, 2.05) is 43.3 Å². The monoisotopic (exact) mass is 535 g/mol. The molecule has 2 heterocycles. The largest absolute Gasteiger partial charge is 0.471 e. The van der Waals surface area contributed by atoms with Crippen molar-refractivity contribution >= 4 is 29.3 Å². The number of hydrogen-bond acceptors (Lipinski definition) is 6. The Hall–Kier alpha value is -2.72. The van der Waals surface area contributed by atoms with Gasteiger partial charge in [-0.3, -0.25) is 9.69 Å². The van der Waals surface area contributed by atoms with Gasteiger partial charge in [0.05, 0.1) is 19.3 Å². The van der Waals surface area contributed by atoms with E-state index in [1.54, 1.807) is 6.92 Å². The first-order valence-corrected chi connectivity index (χ1v) is 13.5. The molecule has 1 aliphatic heterocycles. The molecule has 1 aromatic carbocycles. The van der Waals surface area contributed by atoms with E-state index < -0.39 is 30.1 Å². The molecule has 10 heteroatoms. The molecule has 2 aromatic rings. The Morgan fingerprint density at radius 2 is 1.89 bits per heavy atom. The minimum atomic E-state index is -4.90. The zero-order valence-electron chi connectivity index (χ0n) is 21.0. The highest BCUT2D eigenvalue weighted by Gasteiger charge is 2.54. The van der Waals surface area contributed by atoms with Crippen LogP contribution in [0.1, 0.15) is 59.8 Å². The number of alkyl halides is 3. The van der Waals surface area contributed by atoms with E-state index >= 15 is 0 Å². The van der Waals surface area contributed by atoms with Crippen molar-refractivity contribution in [2.45, 2.75) is 64.3 Å². The van der Waals surface area contributed by atoms with Gasteiger partial charge in [-0.1, -0.05) is 48.9 Å². The normalized spacial score (nSPS) is 21.1. The lowest BCUT2D eigenvalue weighted by molar-refractivity contribution is -0.189. The quantitative estimate of drug-likeness (QED) is 0.394. The molecule has 0 N–H and O–H groups in total. The van der Waals surface area contributed by atoms with Crippen LogP contribution < -0.4 is 0 Å². The van der Waals surface area contributed by atoms with Gasteiger partial charge < -0.3 is 9.64 Å². The third-order valence-corrected chi connectivity index (χ3v) is 7.93. The van der Waals surface area contributed by atoms with Gasteiger partial charge in [0.2, 0.25) is 0 Å². The lowest BCUT2D eigenvalue weighted by atomic mass is 10.0. The van der Waals surface area contributed by atoms with Gasteiger partial charge in [0.15, 0.2) is 0 Å². The Labute approximate surface area is 219 Å². The van der Waals surface area contributed by atoms with Crippen molar-refractivity contribution in [3.8, 4) is 0 Å². The van der Waals surface area contributed by atoms with Gasteiger partial charge >= 0.3 is 18.1 Å². The number of likely N-dealkylation sites (tertiary alicyclic amines) is 1. The van der Waals surface area contributed by atoms with E-state index in [9.17, 15) is 22.8 Å². The molecule has 6 nitrogen and oxygen atoms in total. The van der Waals surface area contributed by atoms with Gasteiger partial charge in [-0.05, 0) is 38.2 Å². The molecule has 200 valence electrons. The number of rotatable bonds is 9. The van der Waals surface area contributed by atoms with Crippen LogP contribution in [0.3, 0.4) is 0 Å².